The molecule has 0 fully saturated rings. The molecule has 0 radical (unpaired) electrons. The second-order valence-corrected chi connectivity index (χ2v) is 7.48. The SMILES string of the molecule is O=C(CCCCCCCCCCc1ccccc1)C1=C(O)[C@H](O)CCC1=O. The van der Waals surface area contributed by atoms with Gasteiger partial charge in [-0.2, -0.15) is 0 Å². The number of hydrogen-bond donors (Lipinski definition) is 2. The van der Waals surface area contributed by atoms with Gasteiger partial charge in [-0.1, -0.05) is 68.9 Å². The smallest absolute Gasteiger partial charge is 0.170 e. The van der Waals surface area contributed by atoms with E-state index in [-0.39, 0.29) is 36.4 Å². The van der Waals surface area contributed by atoms with Crippen LogP contribution in [0.15, 0.2) is 41.7 Å². The number of allylic oxidation sites excluding steroid dienone is 1. The van der Waals surface area contributed by atoms with Crippen LogP contribution in [0.2, 0.25) is 0 Å². The van der Waals surface area contributed by atoms with Crippen LogP contribution < -0.4 is 0 Å². The Morgan fingerprint density at radius 3 is 2.19 bits per heavy atom. The number of aliphatic hydroxyl groups is 2. The zero-order chi connectivity index (χ0) is 19.5. The number of aliphatic hydroxyl groups excluding tert-OH is 2. The van der Waals surface area contributed by atoms with Crippen LogP contribution >= 0.6 is 0 Å². The lowest BCUT2D eigenvalue weighted by atomic mass is 9.89. The second kappa shape index (κ2) is 11.7. The Morgan fingerprint density at radius 1 is 0.926 bits per heavy atom. The average Bonchev–Trinajstić information content (AvgIpc) is 2.67. The molecule has 1 atom stereocenters. The number of rotatable bonds is 12. The molecule has 0 saturated carbocycles. The fourth-order valence-corrected chi connectivity index (χ4v) is 3.58. The van der Waals surface area contributed by atoms with E-state index in [9.17, 15) is 19.8 Å². The van der Waals surface area contributed by atoms with Gasteiger partial charge in [0, 0.05) is 12.8 Å². The van der Waals surface area contributed by atoms with Gasteiger partial charge in [-0.05, 0) is 31.2 Å². The third-order valence-electron chi connectivity index (χ3n) is 5.24. The Balaban J connectivity index is 1.49. The molecule has 1 aromatic carbocycles. The molecule has 0 heterocycles. The zero-order valence-electron chi connectivity index (χ0n) is 16.2. The van der Waals surface area contributed by atoms with Crippen molar-refractivity contribution in [2.45, 2.75) is 83.2 Å². The van der Waals surface area contributed by atoms with Gasteiger partial charge >= 0.3 is 0 Å². The van der Waals surface area contributed by atoms with Crippen LogP contribution in [0.5, 0.6) is 0 Å². The number of hydrogen-bond acceptors (Lipinski definition) is 4. The first-order valence-corrected chi connectivity index (χ1v) is 10.3. The first kappa shape index (κ1) is 21.4. The zero-order valence-corrected chi connectivity index (χ0v) is 16.2. The summed E-state index contributed by atoms with van der Waals surface area (Å²) in [6.45, 7) is 0. The number of carbonyl (C=O) groups is 2. The van der Waals surface area contributed by atoms with Crippen LogP contribution in [0, 0.1) is 0 Å². The molecule has 0 bridgehead atoms. The molecule has 0 unspecified atom stereocenters. The summed E-state index contributed by atoms with van der Waals surface area (Å²) < 4.78 is 0. The molecule has 1 aliphatic carbocycles. The summed E-state index contributed by atoms with van der Waals surface area (Å²) in [5.41, 5.74) is 1.25. The maximum atomic E-state index is 12.1. The summed E-state index contributed by atoms with van der Waals surface area (Å²) in [7, 11) is 0. The van der Waals surface area contributed by atoms with Crippen LogP contribution in [-0.2, 0) is 16.0 Å². The van der Waals surface area contributed by atoms with E-state index in [1.165, 1.54) is 37.7 Å². The number of carbonyl (C=O) groups excluding carboxylic acids is 2. The molecule has 0 saturated heterocycles. The predicted molar refractivity (Wildman–Crippen MR) is 107 cm³/mol. The van der Waals surface area contributed by atoms with Crippen LogP contribution in [-0.4, -0.2) is 27.9 Å². The quantitative estimate of drug-likeness (QED) is 0.406. The van der Waals surface area contributed by atoms with Gasteiger partial charge in [-0.25, -0.2) is 0 Å². The molecule has 148 valence electrons. The molecule has 2 N–H and O–H groups in total. The van der Waals surface area contributed by atoms with Crippen molar-refractivity contribution in [3.63, 3.8) is 0 Å². The van der Waals surface area contributed by atoms with Gasteiger partial charge in [0.05, 0.1) is 0 Å². The highest BCUT2D eigenvalue weighted by Crippen LogP contribution is 2.23. The first-order chi connectivity index (χ1) is 13.1. The van der Waals surface area contributed by atoms with Gasteiger partial charge in [0.2, 0.25) is 0 Å². The Morgan fingerprint density at radius 2 is 1.52 bits per heavy atom. The molecule has 27 heavy (non-hydrogen) atoms. The van der Waals surface area contributed by atoms with Gasteiger partial charge in [0.15, 0.2) is 11.6 Å². The maximum absolute atomic E-state index is 12.1. The Bertz CT molecular complexity index is 633. The average molecular weight is 373 g/mol. The van der Waals surface area contributed by atoms with E-state index in [1.54, 1.807) is 0 Å². The summed E-state index contributed by atoms with van der Waals surface area (Å²) in [6, 6.07) is 10.6. The van der Waals surface area contributed by atoms with Crippen molar-refractivity contribution in [3.8, 4) is 0 Å². The number of ketones is 2. The molecule has 4 heteroatoms. The molecule has 0 aromatic heterocycles. The van der Waals surface area contributed by atoms with Gasteiger partial charge in [0.25, 0.3) is 0 Å². The van der Waals surface area contributed by atoms with Gasteiger partial charge in [-0.15, -0.1) is 0 Å². The highest BCUT2D eigenvalue weighted by Gasteiger charge is 2.30. The Hall–Kier alpha value is -1.94. The number of aryl methyl sites for hydroxylation is 1. The fourth-order valence-electron chi connectivity index (χ4n) is 3.58. The van der Waals surface area contributed by atoms with Crippen LogP contribution in [0.25, 0.3) is 0 Å². The van der Waals surface area contributed by atoms with Gasteiger partial charge in [0.1, 0.15) is 17.4 Å². The molecule has 2 rings (SSSR count). The summed E-state index contributed by atoms with van der Waals surface area (Å²) in [5, 5.41) is 19.4. The lowest BCUT2D eigenvalue weighted by Gasteiger charge is -2.18. The normalized spacial score (nSPS) is 17.4. The van der Waals surface area contributed by atoms with Gasteiger partial charge in [-0.3, -0.25) is 9.59 Å². The van der Waals surface area contributed by atoms with Crippen molar-refractivity contribution in [1.29, 1.82) is 0 Å². The Labute approximate surface area is 162 Å². The lowest BCUT2D eigenvalue weighted by Crippen LogP contribution is -2.27. The fraction of sp³-hybridized carbons (Fsp3) is 0.565. The van der Waals surface area contributed by atoms with Crippen molar-refractivity contribution >= 4 is 11.6 Å². The van der Waals surface area contributed by atoms with E-state index in [4.69, 9.17) is 0 Å². The summed E-state index contributed by atoms with van der Waals surface area (Å²) in [4.78, 5) is 23.9. The third-order valence-corrected chi connectivity index (χ3v) is 5.24. The van der Waals surface area contributed by atoms with Crippen molar-refractivity contribution in [2.75, 3.05) is 0 Å². The second-order valence-electron chi connectivity index (χ2n) is 7.48. The standard InChI is InChI=1S/C23H32O4/c24-19(22-20(25)16-17-21(26)23(22)27)15-11-6-4-2-1-3-5-8-12-18-13-9-7-10-14-18/h7,9-10,13-14,21,26-27H,1-6,8,11-12,15-17H2/t21-/m1/s1. The summed E-state index contributed by atoms with van der Waals surface area (Å²) in [6.07, 6.45) is 9.60. The summed E-state index contributed by atoms with van der Waals surface area (Å²) >= 11 is 0. The highest BCUT2D eigenvalue weighted by atomic mass is 16.3. The van der Waals surface area contributed by atoms with Crippen LogP contribution in [0.4, 0.5) is 0 Å². The number of unbranched alkanes of at least 4 members (excludes halogenated alkanes) is 7. The molecule has 1 aromatic rings. The minimum Gasteiger partial charge on any atom is -0.509 e. The number of Topliss-reactive ketones (excluding diaryl/α,β-unsaturated/α-hetero) is 2. The van der Waals surface area contributed by atoms with Crippen LogP contribution in [0.3, 0.4) is 0 Å². The minimum atomic E-state index is -1.07. The van der Waals surface area contributed by atoms with Crippen molar-refractivity contribution in [2.24, 2.45) is 0 Å². The van der Waals surface area contributed by atoms with E-state index in [0.29, 0.717) is 0 Å². The molecule has 0 aliphatic heterocycles. The molecule has 0 amide bonds. The lowest BCUT2D eigenvalue weighted by molar-refractivity contribution is -0.123. The van der Waals surface area contributed by atoms with E-state index in [0.717, 1.165) is 25.7 Å². The maximum Gasteiger partial charge on any atom is 0.170 e. The monoisotopic (exact) mass is 372 g/mol. The van der Waals surface area contributed by atoms with Gasteiger partial charge < -0.3 is 10.2 Å². The Kier molecular flexibility index (Phi) is 9.26. The molecular formula is C23H32O4. The van der Waals surface area contributed by atoms with E-state index >= 15 is 0 Å². The number of benzene rings is 1. The topological polar surface area (TPSA) is 74.6 Å². The predicted octanol–water partition coefficient (Wildman–Crippen LogP) is 4.85. The van der Waals surface area contributed by atoms with Crippen molar-refractivity contribution in [3.05, 3.63) is 47.2 Å². The van der Waals surface area contributed by atoms with Crippen LogP contribution in [0.1, 0.15) is 76.2 Å². The minimum absolute atomic E-state index is 0.135. The third kappa shape index (κ3) is 7.30. The summed E-state index contributed by atoms with van der Waals surface area (Å²) in [5.74, 6) is -1.08. The molecule has 1 aliphatic rings. The largest absolute Gasteiger partial charge is 0.509 e. The van der Waals surface area contributed by atoms with E-state index in [1.807, 2.05) is 6.07 Å². The first-order valence-electron chi connectivity index (χ1n) is 10.3. The molecular weight excluding hydrogens is 340 g/mol. The van der Waals surface area contributed by atoms with Crippen molar-refractivity contribution in [1.82, 2.24) is 0 Å². The molecule has 0 spiro atoms. The molecule has 4 nitrogen and oxygen atoms in total. The van der Waals surface area contributed by atoms with E-state index in [2.05, 4.69) is 24.3 Å². The highest BCUT2D eigenvalue weighted by molar-refractivity contribution is 6.21. The van der Waals surface area contributed by atoms with Crippen molar-refractivity contribution < 1.29 is 19.8 Å². The van der Waals surface area contributed by atoms with E-state index < -0.39 is 11.9 Å².